The van der Waals surface area contributed by atoms with E-state index in [1.165, 1.54) is 0 Å². The van der Waals surface area contributed by atoms with Gasteiger partial charge in [0.1, 0.15) is 12.4 Å². The van der Waals surface area contributed by atoms with Crippen molar-refractivity contribution in [1.29, 1.82) is 0 Å². The lowest BCUT2D eigenvalue weighted by molar-refractivity contribution is 0.104. The van der Waals surface area contributed by atoms with Crippen LogP contribution in [0.2, 0.25) is 0 Å². The van der Waals surface area contributed by atoms with Crippen LogP contribution in [0.5, 0.6) is 17.2 Å². The van der Waals surface area contributed by atoms with Crippen LogP contribution in [0.25, 0.3) is 6.08 Å². The number of ether oxygens (including phenoxy) is 3. The van der Waals surface area contributed by atoms with Crippen molar-refractivity contribution in [2.45, 2.75) is 33.9 Å². The molecule has 0 unspecified atom stereocenters. The minimum Gasteiger partial charge on any atom is -0.496 e. The van der Waals surface area contributed by atoms with Crippen LogP contribution in [0.1, 0.15) is 41.0 Å². The first-order chi connectivity index (χ1) is 15.1. The lowest BCUT2D eigenvalue weighted by Gasteiger charge is -2.14. The van der Waals surface area contributed by atoms with Crippen LogP contribution in [-0.4, -0.2) is 29.3 Å². The van der Waals surface area contributed by atoms with E-state index < -0.39 is 0 Å². The van der Waals surface area contributed by atoms with Gasteiger partial charge in [0.2, 0.25) is 0 Å². The summed E-state index contributed by atoms with van der Waals surface area (Å²) in [6.07, 6.45) is 4.98. The highest BCUT2D eigenvalue weighted by molar-refractivity contribution is 6.07. The van der Waals surface area contributed by atoms with Crippen molar-refractivity contribution >= 4 is 11.9 Å². The molecule has 0 amide bonds. The van der Waals surface area contributed by atoms with Gasteiger partial charge in [-0.3, -0.25) is 9.48 Å². The van der Waals surface area contributed by atoms with Crippen LogP contribution < -0.4 is 14.2 Å². The maximum absolute atomic E-state index is 12.6. The fourth-order valence-electron chi connectivity index (χ4n) is 3.28. The van der Waals surface area contributed by atoms with E-state index in [1.54, 1.807) is 25.5 Å². The quantitative estimate of drug-likeness (QED) is 0.338. The minimum absolute atomic E-state index is 0.0727. The Morgan fingerprint density at radius 1 is 1.06 bits per heavy atom. The number of nitrogens with zero attached hydrogens (tertiary/aromatic N) is 2. The normalized spacial score (nSPS) is 11.0. The van der Waals surface area contributed by atoms with E-state index in [9.17, 15) is 4.79 Å². The molecule has 0 N–H and O–H groups in total. The van der Waals surface area contributed by atoms with E-state index in [2.05, 4.69) is 5.10 Å². The van der Waals surface area contributed by atoms with Crippen molar-refractivity contribution in [2.24, 2.45) is 0 Å². The lowest BCUT2D eigenvalue weighted by Crippen LogP contribution is -2.02. The number of carbonyl (C=O) groups is 1. The van der Waals surface area contributed by atoms with Crippen molar-refractivity contribution < 1.29 is 19.0 Å². The zero-order valence-electron chi connectivity index (χ0n) is 18.4. The summed E-state index contributed by atoms with van der Waals surface area (Å²) in [6, 6.07) is 13.3. The van der Waals surface area contributed by atoms with Crippen molar-refractivity contribution in [2.75, 3.05) is 13.7 Å². The summed E-state index contributed by atoms with van der Waals surface area (Å²) in [5, 5.41) is 4.24. The van der Waals surface area contributed by atoms with E-state index in [1.807, 2.05) is 67.9 Å². The standard InChI is InChI=1S/C25H28N2O4/c1-5-27-18(3)21(16-26-27)22(28)13-11-19-12-14-23(29-4)20(15-19)17-31-25-10-8-7-9-24(25)30-6-2/h7-16H,5-6,17H2,1-4H3/b13-11+. The largest absolute Gasteiger partial charge is 0.496 e. The Morgan fingerprint density at radius 2 is 1.81 bits per heavy atom. The number of benzene rings is 2. The Bertz CT molecular complexity index is 1070. The van der Waals surface area contributed by atoms with Crippen molar-refractivity contribution in [3.63, 3.8) is 0 Å². The highest BCUT2D eigenvalue weighted by atomic mass is 16.5. The number of aryl methyl sites for hydroxylation is 1. The second-order valence-corrected chi connectivity index (χ2v) is 6.90. The van der Waals surface area contributed by atoms with Gasteiger partial charge < -0.3 is 14.2 Å². The first-order valence-electron chi connectivity index (χ1n) is 10.3. The van der Waals surface area contributed by atoms with Gasteiger partial charge in [-0.15, -0.1) is 0 Å². The zero-order chi connectivity index (χ0) is 22.2. The molecule has 0 aliphatic carbocycles. The average molecular weight is 421 g/mol. The van der Waals surface area contributed by atoms with Gasteiger partial charge in [-0.1, -0.05) is 24.3 Å². The van der Waals surface area contributed by atoms with Crippen LogP contribution in [0.15, 0.2) is 54.7 Å². The van der Waals surface area contributed by atoms with E-state index in [-0.39, 0.29) is 5.78 Å². The second-order valence-electron chi connectivity index (χ2n) is 6.90. The summed E-state index contributed by atoms with van der Waals surface area (Å²) in [4.78, 5) is 12.6. The Balaban J connectivity index is 1.76. The molecule has 6 heteroatoms. The van der Waals surface area contributed by atoms with E-state index in [0.717, 1.165) is 29.1 Å². The Kier molecular flexibility index (Phi) is 7.49. The smallest absolute Gasteiger partial charge is 0.189 e. The molecular formula is C25H28N2O4. The molecule has 1 heterocycles. The molecule has 162 valence electrons. The second kappa shape index (κ2) is 10.5. The predicted molar refractivity (Wildman–Crippen MR) is 121 cm³/mol. The third kappa shape index (κ3) is 5.34. The fraction of sp³-hybridized carbons (Fsp3) is 0.280. The van der Waals surface area contributed by atoms with Gasteiger partial charge in [0, 0.05) is 17.8 Å². The molecular weight excluding hydrogens is 392 g/mol. The molecule has 1 aromatic heterocycles. The first kappa shape index (κ1) is 22.2. The van der Waals surface area contributed by atoms with Gasteiger partial charge in [0.05, 0.1) is 25.5 Å². The molecule has 0 bridgehead atoms. The Hall–Kier alpha value is -3.54. The summed E-state index contributed by atoms with van der Waals surface area (Å²) in [7, 11) is 1.63. The number of ketones is 1. The average Bonchev–Trinajstić information content (AvgIpc) is 3.17. The number of carbonyl (C=O) groups excluding carboxylic acids is 1. The first-order valence-corrected chi connectivity index (χ1v) is 10.3. The summed E-state index contributed by atoms with van der Waals surface area (Å²) in [5.41, 5.74) is 3.24. The number of hydrogen-bond acceptors (Lipinski definition) is 5. The van der Waals surface area contributed by atoms with E-state index >= 15 is 0 Å². The van der Waals surface area contributed by atoms with Crippen LogP contribution in [-0.2, 0) is 13.2 Å². The van der Waals surface area contributed by atoms with Gasteiger partial charge in [-0.25, -0.2) is 0 Å². The van der Waals surface area contributed by atoms with Crippen molar-refractivity contribution in [1.82, 2.24) is 9.78 Å². The highest BCUT2D eigenvalue weighted by Gasteiger charge is 2.12. The maximum Gasteiger partial charge on any atom is 0.189 e. The summed E-state index contributed by atoms with van der Waals surface area (Å²) < 4.78 is 18.9. The minimum atomic E-state index is -0.0727. The predicted octanol–water partition coefficient (Wildman–Crippen LogP) is 5.09. The zero-order valence-corrected chi connectivity index (χ0v) is 18.4. The monoisotopic (exact) mass is 420 g/mol. The Labute approximate surface area is 183 Å². The van der Waals surface area contributed by atoms with Gasteiger partial charge in [0.15, 0.2) is 17.3 Å². The summed E-state index contributed by atoms with van der Waals surface area (Å²) in [6.45, 7) is 7.45. The molecule has 3 aromatic rings. The molecule has 0 aliphatic heterocycles. The molecule has 0 saturated carbocycles. The molecule has 0 radical (unpaired) electrons. The summed E-state index contributed by atoms with van der Waals surface area (Å²) in [5.74, 6) is 2.02. The molecule has 6 nitrogen and oxygen atoms in total. The highest BCUT2D eigenvalue weighted by Crippen LogP contribution is 2.29. The van der Waals surface area contributed by atoms with Gasteiger partial charge in [0.25, 0.3) is 0 Å². The fourth-order valence-corrected chi connectivity index (χ4v) is 3.28. The summed E-state index contributed by atoms with van der Waals surface area (Å²) >= 11 is 0. The van der Waals surface area contributed by atoms with Crippen molar-refractivity contribution in [3.05, 3.63) is 77.1 Å². The van der Waals surface area contributed by atoms with E-state index in [4.69, 9.17) is 14.2 Å². The molecule has 3 rings (SSSR count). The number of methoxy groups -OCH3 is 1. The van der Waals surface area contributed by atoms with Gasteiger partial charge in [-0.05, 0) is 56.7 Å². The number of allylic oxidation sites excluding steroid dienone is 1. The van der Waals surface area contributed by atoms with Gasteiger partial charge >= 0.3 is 0 Å². The number of para-hydroxylation sites is 2. The maximum atomic E-state index is 12.6. The molecule has 0 spiro atoms. The van der Waals surface area contributed by atoms with Crippen LogP contribution in [0.3, 0.4) is 0 Å². The lowest BCUT2D eigenvalue weighted by atomic mass is 10.1. The molecule has 31 heavy (non-hydrogen) atoms. The number of hydrogen-bond donors (Lipinski definition) is 0. The molecule has 2 aromatic carbocycles. The van der Waals surface area contributed by atoms with Crippen LogP contribution >= 0.6 is 0 Å². The Morgan fingerprint density at radius 3 is 2.45 bits per heavy atom. The third-order valence-electron chi connectivity index (χ3n) is 4.93. The van der Waals surface area contributed by atoms with Crippen LogP contribution in [0, 0.1) is 6.92 Å². The van der Waals surface area contributed by atoms with Crippen molar-refractivity contribution in [3.8, 4) is 17.2 Å². The van der Waals surface area contributed by atoms with Gasteiger partial charge in [-0.2, -0.15) is 5.10 Å². The third-order valence-corrected chi connectivity index (χ3v) is 4.93. The molecule has 0 saturated heterocycles. The van der Waals surface area contributed by atoms with E-state index in [0.29, 0.717) is 30.3 Å². The molecule has 0 aliphatic rings. The molecule has 0 atom stereocenters. The number of rotatable bonds is 10. The topological polar surface area (TPSA) is 62.6 Å². The molecule has 0 fully saturated rings. The SMILES string of the molecule is CCOc1ccccc1OCc1cc(/C=C/C(=O)c2cnn(CC)c2C)ccc1OC. The number of aromatic nitrogens is 2. The van der Waals surface area contributed by atoms with Crippen LogP contribution in [0.4, 0.5) is 0 Å².